The molecular formula is C8H14N6O6. The molecule has 0 aromatic carbocycles. The third kappa shape index (κ3) is 3.36. The van der Waals surface area contributed by atoms with Crippen LogP contribution in [0.3, 0.4) is 0 Å². The van der Waals surface area contributed by atoms with Crippen LogP contribution >= 0.6 is 0 Å². The number of hydrazine groups is 3. The average molecular weight is 290 g/mol. The topological polar surface area (TPSA) is 151 Å². The molecule has 1 aliphatic heterocycles. The van der Waals surface area contributed by atoms with Gasteiger partial charge in [0.25, 0.3) is 11.9 Å². The maximum Gasteiger partial charge on any atom is 0.346 e. The average Bonchev–Trinajstić information content (AvgIpc) is 2.26. The lowest BCUT2D eigenvalue weighted by atomic mass is 10.1. The van der Waals surface area contributed by atoms with E-state index in [1.807, 2.05) is 0 Å². The Balaban J connectivity index is 3.02. The molecule has 0 aliphatic carbocycles. The van der Waals surface area contributed by atoms with Crippen molar-refractivity contribution in [1.82, 2.24) is 21.1 Å². The highest BCUT2D eigenvalue weighted by atomic mass is 16.6. The van der Waals surface area contributed by atoms with Crippen LogP contribution in [0.25, 0.3) is 0 Å². The first-order chi connectivity index (χ1) is 9.25. The molecule has 0 saturated carbocycles. The number of hydrogen-bond donors (Lipinski definition) is 2. The van der Waals surface area contributed by atoms with Crippen LogP contribution in [0.4, 0.5) is 0 Å². The summed E-state index contributed by atoms with van der Waals surface area (Å²) in [7, 11) is 0. The minimum atomic E-state index is -1.72. The van der Waals surface area contributed by atoms with Gasteiger partial charge in [-0.1, -0.05) is 0 Å². The van der Waals surface area contributed by atoms with E-state index < -0.39 is 33.9 Å². The van der Waals surface area contributed by atoms with Crippen molar-refractivity contribution in [3.05, 3.63) is 20.2 Å². The summed E-state index contributed by atoms with van der Waals surface area (Å²) >= 11 is 0. The summed E-state index contributed by atoms with van der Waals surface area (Å²) in [6.07, 6.45) is -1.99. The van der Waals surface area contributed by atoms with Gasteiger partial charge in [0.2, 0.25) is 5.91 Å². The van der Waals surface area contributed by atoms with E-state index in [4.69, 9.17) is 0 Å². The van der Waals surface area contributed by atoms with Crippen molar-refractivity contribution in [1.29, 1.82) is 0 Å². The molecule has 1 fully saturated rings. The molecule has 0 spiro atoms. The Hall–Kier alpha value is -2.34. The van der Waals surface area contributed by atoms with Gasteiger partial charge in [0.1, 0.15) is 0 Å². The molecule has 20 heavy (non-hydrogen) atoms. The predicted octanol–water partition coefficient (Wildman–Crippen LogP) is -1.74. The van der Waals surface area contributed by atoms with Gasteiger partial charge >= 0.3 is 6.17 Å². The molecule has 1 saturated heterocycles. The van der Waals surface area contributed by atoms with Crippen molar-refractivity contribution < 1.29 is 19.4 Å². The first-order valence-electron chi connectivity index (χ1n) is 5.62. The van der Waals surface area contributed by atoms with Crippen molar-refractivity contribution in [2.24, 2.45) is 0 Å². The first kappa shape index (κ1) is 15.7. The molecule has 112 valence electrons. The van der Waals surface area contributed by atoms with Gasteiger partial charge in [-0.3, -0.25) is 29.8 Å². The minimum Gasteiger partial charge on any atom is -0.273 e. The van der Waals surface area contributed by atoms with Gasteiger partial charge in [0, 0.05) is 30.1 Å². The zero-order valence-electron chi connectivity index (χ0n) is 10.8. The third-order valence-corrected chi connectivity index (χ3v) is 2.72. The van der Waals surface area contributed by atoms with Crippen LogP contribution in [-0.2, 0) is 9.59 Å². The Morgan fingerprint density at radius 3 is 2.15 bits per heavy atom. The van der Waals surface area contributed by atoms with Gasteiger partial charge in [0.15, 0.2) is 0 Å². The molecule has 2 amide bonds. The second-order valence-corrected chi connectivity index (χ2v) is 4.10. The van der Waals surface area contributed by atoms with Crippen molar-refractivity contribution in [3.63, 3.8) is 0 Å². The van der Waals surface area contributed by atoms with E-state index in [2.05, 4.69) is 11.0 Å². The van der Waals surface area contributed by atoms with Crippen molar-refractivity contribution in [2.45, 2.75) is 32.5 Å². The van der Waals surface area contributed by atoms with E-state index >= 15 is 0 Å². The van der Waals surface area contributed by atoms with Gasteiger partial charge in [-0.25, -0.2) is 5.01 Å². The van der Waals surface area contributed by atoms with Gasteiger partial charge < -0.3 is 0 Å². The summed E-state index contributed by atoms with van der Waals surface area (Å²) < 4.78 is 0. The zero-order valence-corrected chi connectivity index (χ0v) is 10.8. The smallest absolute Gasteiger partial charge is 0.273 e. The second-order valence-electron chi connectivity index (χ2n) is 4.10. The fraction of sp³-hybridized carbons (Fsp3) is 0.750. The van der Waals surface area contributed by atoms with E-state index in [0.29, 0.717) is 0 Å². The second kappa shape index (κ2) is 6.21. The molecule has 2 N–H and O–H groups in total. The minimum absolute atomic E-state index is 0.195. The van der Waals surface area contributed by atoms with E-state index in [-0.39, 0.29) is 13.0 Å². The number of carbonyl (C=O) groups excluding carboxylic acids is 2. The van der Waals surface area contributed by atoms with Gasteiger partial charge in [-0.05, 0) is 0 Å². The largest absolute Gasteiger partial charge is 0.346 e. The van der Waals surface area contributed by atoms with Crippen molar-refractivity contribution in [3.8, 4) is 0 Å². The fourth-order valence-corrected chi connectivity index (χ4v) is 1.76. The number of rotatable bonds is 2. The van der Waals surface area contributed by atoms with Crippen LogP contribution in [0, 0.1) is 20.2 Å². The number of nitro groups is 2. The third-order valence-electron chi connectivity index (χ3n) is 2.72. The highest BCUT2D eigenvalue weighted by Crippen LogP contribution is 2.10. The van der Waals surface area contributed by atoms with Crippen LogP contribution < -0.4 is 11.0 Å². The lowest BCUT2D eigenvalue weighted by Crippen LogP contribution is -2.67. The summed E-state index contributed by atoms with van der Waals surface area (Å²) in [5.41, 5.74) is 4.25. The van der Waals surface area contributed by atoms with Crippen molar-refractivity contribution in [2.75, 3.05) is 6.54 Å². The molecule has 1 aliphatic rings. The molecule has 0 radical (unpaired) electrons. The molecule has 0 aromatic rings. The maximum atomic E-state index is 11.4. The Bertz CT molecular complexity index is 361. The summed E-state index contributed by atoms with van der Waals surface area (Å²) in [6.45, 7) is 2.11. The molecule has 12 nitrogen and oxygen atoms in total. The standard InChI is InChI=1S/C8H14N6O6/c1-5(15)11-4-3-7(13(17)18)8(14(19)20)9-10-12(11)6(2)16/h7-10H,3-4H2,1-2H3. The zero-order chi connectivity index (χ0) is 15.4. The van der Waals surface area contributed by atoms with E-state index in [1.165, 1.54) is 6.92 Å². The first-order valence-corrected chi connectivity index (χ1v) is 5.62. The molecule has 1 heterocycles. The van der Waals surface area contributed by atoms with Gasteiger partial charge in [0.05, 0.1) is 6.54 Å². The Morgan fingerprint density at radius 1 is 1.15 bits per heavy atom. The van der Waals surface area contributed by atoms with Crippen LogP contribution in [0.2, 0.25) is 0 Å². The SMILES string of the molecule is CC(=O)N1CCC([N+](=O)[O-])C([N+](=O)[O-])NNN1C(C)=O. The number of carbonyl (C=O) groups is 2. The van der Waals surface area contributed by atoms with Gasteiger partial charge in [-0.15, -0.1) is 5.53 Å². The number of amides is 2. The molecule has 12 heteroatoms. The number of nitrogens with one attached hydrogen (secondary N) is 2. The van der Waals surface area contributed by atoms with E-state index in [0.717, 1.165) is 17.1 Å². The van der Waals surface area contributed by atoms with Crippen molar-refractivity contribution >= 4 is 11.8 Å². The predicted molar refractivity (Wildman–Crippen MR) is 62.4 cm³/mol. The molecule has 1 rings (SSSR count). The molecule has 0 aromatic heterocycles. The van der Waals surface area contributed by atoms with Crippen LogP contribution in [0.5, 0.6) is 0 Å². The Labute approximate surface area is 112 Å². The normalized spacial score (nSPS) is 23.7. The summed E-state index contributed by atoms with van der Waals surface area (Å²) in [6, 6.07) is -1.53. The number of hydrogen-bond acceptors (Lipinski definition) is 8. The molecular weight excluding hydrogens is 276 g/mol. The van der Waals surface area contributed by atoms with E-state index in [1.54, 1.807) is 0 Å². The molecule has 0 bridgehead atoms. The number of nitrogens with zero attached hydrogens (tertiary/aromatic N) is 4. The van der Waals surface area contributed by atoms with Crippen LogP contribution in [-0.4, -0.2) is 50.5 Å². The Morgan fingerprint density at radius 2 is 1.75 bits per heavy atom. The van der Waals surface area contributed by atoms with Crippen LogP contribution in [0.1, 0.15) is 20.3 Å². The lowest BCUT2D eigenvalue weighted by Gasteiger charge is -2.35. The van der Waals surface area contributed by atoms with Crippen LogP contribution in [0.15, 0.2) is 0 Å². The van der Waals surface area contributed by atoms with E-state index in [9.17, 15) is 29.8 Å². The fourth-order valence-electron chi connectivity index (χ4n) is 1.76. The van der Waals surface area contributed by atoms with Gasteiger partial charge in [-0.2, -0.15) is 10.5 Å². The quantitative estimate of drug-likeness (QED) is 0.449. The molecule has 2 atom stereocenters. The monoisotopic (exact) mass is 290 g/mol. The summed E-state index contributed by atoms with van der Waals surface area (Å²) in [5, 5.41) is 23.4. The highest BCUT2D eigenvalue weighted by Gasteiger charge is 2.44. The highest BCUT2D eigenvalue weighted by molar-refractivity contribution is 5.79. The summed E-state index contributed by atoms with van der Waals surface area (Å²) in [4.78, 5) is 42.9. The lowest BCUT2D eigenvalue weighted by molar-refractivity contribution is -0.625. The summed E-state index contributed by atoms with van der Waals surface area (Å²) in [5.74, 6) is -1.13. The molecule has 2 unspecified atom stereocenters. The Kier molecular flexibility index (Phi) is 4.88. The maximum absolute atomic E-state index is 11.4.